The van der Waals surface area contributed by atoms with Crippen molar-refractivity contribution in [2.75, 3.05) is 12.4 Å². The van der Waals surface area contributed by atoms with Gasteiger partial charge in [-0.25, -0.2) is 13.2 Å². The zero-order valence-electron chi connectivity index (χ0n) is 11.1. The number of anilines is 1. The van der Waals surface area contributed by atoms with E-state index < -0.39 is 17.5 Å². The molecule has 0 aromatic heterocycles. The van der Waals surface area contributed by atoms with Gasteiger partial charge in [-0.15, -0.1) is 0 Å². The molecule has 0 unspecified atom stereocenters. The van der Waals surface area contributed by atoms with Crippen LogP contribution in [0.3, 0.4) is 0 Å². The molecule has 0 aliphatic heterocycles. The van der Waals surface area contributed by atoms with Gasteiger partial charge in [0.05, 0.1) is 7.11 Å². The lowest BCUT2D eigenvalue weighted by atomic mass is 10.1. The standard InChI is InChI=1S/C15H14F3NO/c1-9-5-11(20-2)3-4-14(9)19-8-10-6-12(16)15(18)13(17)7-10/h3-7,19H,8H2,1-2H3. The maximum atomic E-state index is 13.1. The number of halogens is 3. The molecule has 0 saturated heterocycles. The molecule has 1 N–H and O–H groups in total. The number of nitrogens with one attached hydrogen (secondary N) is 1. The van der Waals surface area contributed by atoms with E-state index in [9.17, 15) is 13.2 Å². The van der Waals surface area contributed by atoms with Crippen molar-refractivity contribution in [1.29, 1.82) is 0 Å². The molecule has 0 amide bonds. The lowest BCUT2D eigenvalue weighted by Crippen LogP contribution is -2.03. The Labute approximate surface area is 115 Å². The molecule has 2 aromatic rings. The Balaban J connectivity index is 2.13. The molecule has 0 radical (unpaired) electrons. The van der Waals surface area contributed by atoms with Crippen LogP contribution in [0.5, 0.6) is 5.75 Å². The highest BCUT2D eigenvalue weighted by atomic mass is 19.2. The highest BCUT2D eigenvalue weighted by molar-refractivity contribution is 5.53. The maximum absolute atomic E-state index is 13.1. The Bertz CT molecular complexity index is 606. The van der Waals surface area contributed by atoms with E-state index in [2.05, 4.69) is 5.32 Å². The molecule has 0 fully saturated rings. The van der Waals surface area contributed by atoms with Crippen molar-refractivity contribution in [3.63, 3.8) is 0 Å². The highest BCUT2D eigenvalue weighted by Crippen LogP contribution is 2.22. The summed E-state index contributed by atoms with van der Waals surface area (Å²) < 4.78 is 44.1. The van der Waals surface area contributed by atoms with Gasteiger partial charge in [-0.2, -0.15) is 0 Å². The Hall–Kier alpha value is -2.17. The molecule has 5 heteroatoms. The third-order valence-corrected chi connectivity index (χ3v) is 2.96. The van der Waals surface area contributed by atoms with E-state index in [4.69, 9.17) is 4.74 Å². The summed E-state index contributed by atoms with van der Waals surface area (Å²) >= 11 is 0. The molecule has 0 saturated carbocycles. The average molecular weight is 281 g/mol. The van der Waals surface area contributed by atoms with E-state index in [1.165, 1.54) is 0 Å². The largest absolute Gasteiger partial charge is 0.497 e. The minimum atomic E-state index is -1.45. The van der Waals surface area contributed by atoms with Crippen molar-refractivity contribution < 1.29 is 17.9 Å². The summed E-state index contributed by atoms with van der Waals surface area (Å²) in [7, 11) is 1.58. The monoisotopic (exact) mass is 281 g/mol. The molecule has 0 heterocycles. The minimum Gasteiger partial charge on any atom is -0.497 e. The zero-order chi connectivity index (χ0) is 14.7. The van der Waals surface area contributed by atoms with Crippen LogP contribution in [0.1, 0.15) is 11.1 Å². The quantitative estimate of drug-likeness (QED) is 0.854. The summed E-state index contributed by atoms with van der Waals surface area (Å²) in [6.45, 7) is 2.08. The van der Waals surface area contributed by atoms with Crippen LogP contribution in [-0.2, 0) is 6.54 Å². The predicted molar refractivity (Wildman–Crippen MR) is 71.4 cm³/mol. The van der Waals surface area contributed by atoms with Gasteiger partial charge in [-0.05, 0) is 48.4 Å². The normalized spacial score (nSPS) is 10.4. The van der Waals surface area contributed by atoms with Gasteiger partial charge in [0.1, 0.15) is 5.75 Å². The number of hydrogen-bond acceptors (Lipinski definition) is 2. The van der Waals surface area contributed by atoms with E-state index in [0.717, 1.165) is 29.1 Å². The molecule has 0 atom stereocenters. The van der Waals surface area contributed by atoms with Gasteiger partial charge in [0.2, 0.25) is 0 Å². The Kier molecular flexibility index (Phi) is 4.17. The molecular formula is C15H14F3NO. The average Bonchev–Trinajstić information content (AvgIpc) is 2.43. The van der Waals surface area contributed by atoms with Gasteiger partial charge in [-0.1, -0.05) is 0 Å². The van der Waals surface area contributed by atoms with Crippen LogP contribution < -0.4 is 10.1 Å². The second-order valence-corrected chi connectivity index (χ2v) is 4.41. The molecule has 0 spiro atoms. The molecule has 2 aromatic carbocycles. The van der Waals surface area contributed by atoms with Gasteiger partial charge < -0.3 is 10.1 Å². The fraction of sp³-hybridized carbons (Fsp3) is 0.200. The van der Waals surface area contributed by atoms with Crippen molar-refractivity contribution >= 4 is 5.69 Å². The summed E-state index contributed by atoms with van der Waals surface area (Å²) in [5.41, 5.74) is 2.08. The van der Waals surface area contributed by atoms with Crippen LogP contribution >= 0.6 is 0 Å². The third kappa shape index (κ3) is 3.04. The number of hydrogen-bond donors (Lipinski definition) is 1. The molecule has 2 nitrogen and oxygen atoms in total. The Morgan fingerprint density at radius 3 is 2.25 bits per heavy atom. The van der Waals surface area contributed by atoms with Gasteiger partial charge in [0, 0.05) is 12.2 Å². The zero-order valence-corrected chi connectivity index (χ0v) is 11.1. The third-order valence-electron chi connectivity index (χ3n) is 2.96. The van der Waals surface area contributed by atoms with Crippen LogP contribution in [0, 0.1) is 24.4 Å². The first kappa shape index (κ1) is 14.2. The summed E-state index contributed by atoms with van der Waals surface area (Å²) in [5.74, 6) is -3.09. The van der Waals surface area contributed by atoms with E-state index >= 15 is 0 Å². The molecule has 0 aliphatic carbocycles. The second kappa shape index (κ2) is 5.86. The van der Waals surface area contributed by atoms with Crippen LogP contribution in [0.4, 0.5) is 18.9 Å². The van der Waals surface area contributed by atoms with Crippen LogP contribution in [0.2, 0.25) is 0 Å². The van der Waals surface area contributed by atoms with Crippen molar-refractivity contribution in [3.05, 3.63) is 58.9 Å². The van der Waals surface area contributed by atoms with Crippen LogP contribution in [0.15, 0.2) is 30.3 Å². The van der Waals surface area contributed by atoms with E-state index in [1.807, 2.05) is 19.1 Å². The number of methoxy groups -OCH3 is 1. The van der Waals surface area contributed by atoms with Gasteiger partial charge in [-0.3, -0.25) is 0 Å². The first-order valence-corrected chi connectivity index (χ1v) is 6.03. The Morgan fingerprint density at radius 2 is 1.70 bits per heavy atom. The first-order chi connectivity index (χ1) is 9.51. The van der Waals surface area contributed by atoms with Crippen LogP contribution in [0.25, 0.3) is 0 Å². The predicted octanol–water partition coefficient (Wildman–Crippen LogP) is 4.03. The summed E-state index contributed by atoms with van der Waals surface area (Å²) in [4.78, 5) is 0. The molecule has 2 rings (SSSR count). The van der Waals surface area contributed by atoms with Crippen molar-refractivity contribution in [1.82, 2.24) is 0 Å². The topological polar surface area (TPSA) is 21.3 Å². The smallest absolute Gasteiger partial charge is 0.194 e. The lowest BCUT2D eigenvalue weighted by molar-refractivity contribution is 0.414. The van der Waals surface area contributed by atoms with Crippen molar-refractivity contribution in [2.45, 2.75) is 13.5 Å². The number of rotatable bonds is 4. The number of benzene rings is 2. The molecule has 0 bridgehead atoms. The fourth-order valence-electron chi connectivity index (χ4n) is 1.87. The van der Waals surface area contributed by atoms with E-state index in [-0.39, 0.29) is 6.54 Å². The van der Waals surface area contributed by atoms with Crippen molar-refractivity contribution in [2.24, 2.45) is 0 Å². The highest BCUT2D eigenvalue weighted by Gasteiger charge is 2.10. The molecule has 0 aliphatic rings. The van der Waals surface area contributed by atoms with E-state index in [1.54, 1.807) is 13.2 Å². The van der Waals surface area contributed by atoms with E-state index in [0.29, 0.717) is 5.56 Å². The SMILES string of the molecule is COc1ccc(NCc2cc(F)c(F)c(F)c2)c(C)c1. The molecule has 20 heavy (non-hydrogen) atoms. The summed E-state index contributed by atoms with van der Waals surface area (Å²) in [6.07, 6.45) is 0. The number of aryl methyl sites for hydroxylation is 1. The van der Waals surface area contributed by atoms with Gasteiger partial charge in [0.25, 0.3) is 0 Å². The number of ether oxygens (including phenoxy) is 1. The second-order valence-electron chi connectivity index (χ2n) is 4.41. The maximum Gasteiger partial charge on any atom is 0.194 e. The molecular weight excluding hydrogens is 267 g/mol. The van der Waals surface area contributed by atoms with Crippen molar-refractivity contribution in [3.8, 4) is 5.75 Å². The fourth-order valence-corrected chi connectivity index (χ4v) is 1.87. The summed E-state index contributed by atoms with van der Waals surface area (Å²) in [6, 6.07) is 7.38. The summed E-state index contributed by atoms with van der Waals surface area (Å²) in [5, 5.41) is 3.04. The molecule has 106 valence electrons. The lowest BCUT2D eigenvalue weighted by Gasteiger charge is -2.11. The Morgan fingerprint density at radius 1 is 1.05 bits per heavy atom. The first-order valence-electron chi connectivity index (χ1n) is 6.03. The van der Waals surface area contributed by atoms with Crippen LogP contribution in [-0.4, -0.2) is 7.11 Å². The van der Waals surface area contributed by atoms with Gasteiger partial charge in [0.15, 0.2) is 17.5 Å². The minimum absolute atomic E-state index is 0.196. The van der Waals surface area contributed by atoms with Gasteiger partial charge >= 0.3 is 0 Å².